The van der Waals surface area contributed by atoms with Crippen LogP contribution in [0.2, 0.25) is 0 Å². The van der Waals surface area contributed by atoms with E-state index in [1.165, 1.54) is 0 Å². The van der Waals surface area contributed by atoms with Gasteiger partial charge in [0.25, 0.3) is 0 Å². The quantitative estimate of drug-likeness (QED) is 0.268. The maximum atomic E-state index is 6.47. The van der Waals surface area contributed by atoms with Crippen LogP contribution in [0.25, 0.3) is 72.0 Å². The molecule has 0 aliphatic rings. The van der Waals surface area contributed by atoms with Crippen molar-refractivity contribution in [1.29, 1.82) is 0 Å². The van der Waals surface area contributed by atoms with Gasteiger partial charge in [-0.05, 0) is 42.5 Å². The van der Waals surface area contributed by atoms with Gasteiger partial charge < -0.3 is 8.83 Å². The third-order valence-electron chi connectivity index (χ3n) is 6.70. The number of nitrogens with zero attached hydrogens (tertiary/aromatic N) is 3. The summed E-state index contributed by atoms with van der Waals surface area (Å²) < 4.78 is 14.4. The minimum Gasteiger partial charge on any atom is -0.464 e. The van der Waals surface area contributed by atoms with Crippen molar-refractivity contribution in [2.45, 2.75) is 0 Å². The fourth-order valence-electron chi connectivity index (χ4n) is 5.17. The van der Waals surface area contributed by atoms with E-state index in [-0.39, 0.29) is 0 Å². The fraction of sp³-hybridized carbons (Fsp3) is 0. The second kappa shape index (κ2) is 6.81. The van der Waals surface area contributed by atoms with Gasteiger partial charge in [-0.25, -0.2) is 9.97 Å². The molecule has 0 aliphatic carbocycles. The first-order chi connectivity index (χ1) is 17.4. The highest BCUT2D eigenvalue weighted by Gasteiger charge is 2.24. The van der Waals surface area contributed by atoms with Crippen LogP contribution in [0.15, 0.2) is 112 Å². The number of fused-ring (bicyclic) bond motifs is 8. The summed E-state index contributed by atoms with van der Waals surface area (Å²) in [7, 11) is 0. The average molecular weight is 451 g/mol. The highest BCUT2D eigenvalue weighted by Crippen LogP contribution is 2.42. The average Bonchev–Trinajstić information content (AvgIpc) is 3.61. The van der Waals surface area contributed by atoms with Crippen molar-refractivity contribution in [3.63, 3.8) is 0 Å². The lowest BCUT2D eigenvalue weighted by atomic mass is 10.1. The molecule has 0 fully saturated rings. The van der Waals surface area contributed by atoms with E-state index in [4.69, 9.17) is 18.8 Å². The van der Waals surface area contributed by atoms with Gasteiger partial charge in [0.1, 0.15) is 22.5 Å². The van der Waals surface area contributed by atoms with Crippen LogP contribution in [0.5, 0.6) is 0 Å². The zero-order chi connectivity index (χ0) is 22.9. The highest BCUT2D eigenvalue weighted by molar-refractivity contribution is 6.24. The molecule has 0 amide bonds. The summed E-state index contributed by atoms with van der Waals surface area (Å²) in [5.41, 5.74) is 6.38. The molecule has 0 unspecified atom stereocenters. The molecule has 0 atom stereocenters. The van der Waals surface area contributed by atoms with Gasteiger partial charge in [-0.2, -0.15) is 0 Å². The standard InChI is InChI=1S/C30H17N3O2/c1-2-8-18(9-3-1)29-31-22-12-6-4-10-19(22)30(32-29)33-23-14-15-24-20(16-17-34-24)26(23)28-27(33)21-11-5-7-13-25(21)35-28/h1-17H. The molecule has 4 heterocycles. The number of hydrogen-bond donors (Lipinski definition) is 0. The topological polar surface area (TPSA) is 57.0 Å². The first-order valence-electron chi connectivity index (χ1n) is 11.5. The molecule has 164 valence electrons. The molecule has 0 saturated carbocycles. The number of aromatic nitrogens is 3. The summed E-state index contributed by atoms with van der Waals surface area (Å²) in [6.45, 7) is 0. The van der Waals surface area contributed by atoms with Crippen molar-refractivity contribution in [1.82, 2.24) is 14.5 Å². The van der Waals surface area contributed by atoms with Gasteiger partial charge in [-0.1, -0.05) is 54.6 Å². The number of furan rings is 2. The first kappa shape index (κ1) is 18.5. The Kier molecular flexibility index (Phi) is 3.60. The molecule has 0 aliphatic heterocycles. The first-order valence-corrected chi connectivity index (χ1v) is 11.5. The Morgan fingerprint density at radius 2 is 1.43 bits per heavy atom. The third kappa shape index (κ3) is 2.52. The molecule has 35 heavy (non-hydrogen) atoms. The van der Waals surface area contributed by atoms with Crippen LogP contribution in [-0.2, 0) is 0 Å². The summed E-state index contributed by atoms with van der Waals surface area (Å²) in [6.07, 6.45) is 1.73. The molecule has 0 bridgehead atoms. The van der Waals surface area contributed by atoms with Crippen LogP contribution in [-0.4, -0.2) is 14.5 Å². The lowest BCUT2D eigenvalue weighted by molar-refractivity contribution is 0.616. The largest absolute Gasteiger partial charge is 0.464 e. The predicted molar refractivity (Wildman–Crippen MR) is 139 cm³/mol. The van der Waals surface area contributed by atoms with Crippen molar-refractivity contribution in [2.75, 3.05) is 0 Å². The summed E-state index contributed by atoms with van der Waals surface area (Å²) in [5.74, 6) is 1.51. The Labute approximate surface area is 198 Å². The lowest BCUT2D eigenvalue weighted by Gasteiger charge is -2.12. The zero-order valence-corrected chi connectivity index (χ0v) is 18.5. The molecule has 0 N–H and O–H groups in total. The summed E-state index contributed by atoms with van der Waals surface area (Å²) in [4.78, 5) is 10.1. The number of rotatable bonds is 2. The SMILES string of the molecule is c1ccc(-c2nc(-n3c4ccc5occc5c4c4oc5ccccc5c43)c3ccccc3n2)cc1. The smallest absolute Gasteiger partial charge is 0.162 e. The van der Waals surface area contributed by atoms with E-state index in [1.54, 1.807) is 6.26 Å². The normalized spacial score (nSPS) is 12.0. The van der Waals surface area contributed by atoms with Crippen LogP contribution >= 0.6 is 0 Å². The van der Waals surface area contributed by atoms with Gasteiger partial charge >= 0.3 is 0 Å². The van der Waals surface area contributed by atoms with E-state index < -0.39 is 0 Å². The minimum absolute atomic E-state index is 0.687. The molecular weight excluding hydrogens is 434 g/mol. The van der Waals surface area contributed by atoms with Crippen molar-refractivity contribution in [2.24, 2.45) is 0 Å². The molecular formula is C30H17N3O2. The van der Waals surface area contributed by atoms with E-state index in [0.717, 1.165) is 66.2 Å². The van der Waals surface area contributed by atoms with Gasteiger partial charge in [0, 0.05) is 21.7 Å². The van der Waals surface area contributed by atoms with Crippen molar-refractivity contribution >= 4 is 54.8 Å². The Morgan fingerprint density at radius 1 is 0.629 bits per heavy atom. The molecule has 0 saturated heterocycles. The Balaban J connectivity index is 1.61. The van der Waals surface area contributed by atoms with Crippen LogP contribution in [0, 0.1) is 0 Å². The Morgan fingerprint density at radius 3 is 2.34 bits per heavy atom. The molecule has 0 radical (unpaired) electrons. The summed E-state index contributed by atoms with van der Waals surface area (Å²) in [5, 5.41) is 4.06. The monoisotopic (exact) mass is 451 g/mol. The second-order valence-electron chi connectivity index (χ2n) is 8.66. The molecule has 4 aromatic carbocycles. The maximum absolute atomic E-state index is 6.47. The van der Waals surface area contributed by atoms with Gasteiger partial charge in [-0.15, -0.1) is 0 Å². The predicted octanol–water partition coefficient (Wildman–Crippen LogP) is 7.89. The highest BCUT2D eigenvalue weighted by atomic mass is 16.3. The van der Waals surface area contributed by atoms with E-state index in [1.807, 2.05) is 78.9 Å². The third-order valence-corrected chi connectivity index (χ3v) is 6.70. The molecule has 0 spiro atoms. The van der Waals surface area contributed by atoms with Gasteiger partial charge in [-0.3, -0.25) is 4.57 Å². The Bertz CT molecular complexity index is 2060. The van der Waals surface area contributed by atoms with E-state index >= 15 is 0 Å². The van der Waals surface area contributed by atoms with Crippen LogP contribution in [0.3, 0.4) is 0 Å². The van der Waals surface area contributed by atoms with Crippen LogP contribution in [0.1, 0.15) is 0 Å². The van der Waals surface area contributed by atoms with E-state index in [9.17, 15) is 0 Å². The number of hydrogen-bond acceptors (Lipinski definition) is 4. The Hall–Kier alpha value is -4.90. The minimum atomic E-state index is 0.687. The lowest BCUT2D eigenvalue weighted by Crippen LogP contribution is -2.02. The van der Waals surface area contributed by atoms with Crippen molar-refractivity contribution in [3.05, 3.63) is 103 Å². The summed E-state index contributed by atoms with van der Waals surface area (Å²) in [6, 6.07) is 32.5. The molecule has 4 aromatic heterocycles. The molecule has 8 aromatic rings. The maximum Gasteiger partial charge on any atom is 0.162 e. The van der Waals surface area contributed by atoms with Crippen molar-refractivity contribution < 1.29 is 8.83 Å². The number of para-hydroxylation sites is 2. The van der Waals surface area contributed by atoms with E-state index in [2.05, 4.69) is 22.8 Å². The molecule has 8 rings (SSSR count). The van der Waals surface area contributed by atoms with Crippen molar-refractivity contribution in [3.8, 4) is 17.2 Å². The van der Waals surface area contributed by atoms with Gasteiger partial charge in [0.15, 0.2) is 11.4 Å². The van der Waals surface area contributed by atoms with Gasteiger partial charge in [0.05, 0.1) is 22.7 Å². The fourth-order valence-corrected chi connectivity index (χ4v) is 5.17. The van der Waals surface area contributed by atoms with Crippen LogP contribution < -0.4 is 0 Å². The second-order valence-corrected chi connectivity index (χ2v) is 8.66. The molecule has 5 heteroatoms. The van der Waals surface area contributed by atoms with Crippen LogP contribution in [0.4, 0.5) is 0 Å². The zero-order valence-electron chi connectivity index (χ0n) is 18.5. The molecule has 5 nitrogen and oxygen atoms in total. The number of benzene rings is 4. The summed E-state index contributed by atoms with van der Waals surface area (Å²) >= 11 is 0. The van der Waals surface area contributed by atoms with Gasteiger partial charge in [0.2, 0.25) is 0 Å². The van der Waals surface area contributed by atoms with E-state index in [0.29, 0.717) is 5.82 Å².